The summed E-state index contributed by atoms with van der Waals surface area (Å²) in [5.74, 6) is 6.00. The highest BCUT2D eigenvalue weighted by molar-refractivity contribution is 7.09. The topological polar surface area (TPSA) is 45.2 Å². The number of aryl methyl sites for hydroxylation is 1. The monoisotopic (exact) mass is 325 g/mol. The molecule has 5 heteroatoms. The number of nitrogens with one attached hydrogen (secondary N) is 1. The molecule has 1 amide bonds. The van der Waals surface area contributed by atoms with Crippen molar-refractivity contribution in [2.24, 2.45) is 0 Å². The lowest BCUT2D eigenvalue weighted by molar-refractivity contribution is 0.0954. The van der Waals surface area contributed by atoms with E-state index in [1.54, 1.807) is 5.38 Å². The number of nitrogens with zero attached hydrogens (tertiary/aromatic N) is 2. The van der Waals surface area contributed by atoms with Crippen molar-refractivity contribution in [1.29, 1.82) is 0 Å². The Morgan fingerprint density at radius 2 is 2.17 bits per heavy atom. The van der Waals surface area contributed by atoms with Crippen LogP contribution in [0.5, 0.6) is 0 Å². The van der Waals surface area contributed by atoms with Gasteiger partial charge in [0.15, 0.2) is 0 Å². The molecule has 2 heterocycles. The van der Waals surface area contributed by atoms with Crippen LogP contribution in [0.4, 0.5) is 0 Å². The highest BCUT2D eigenvalue weighted by Crippen LogP contribution is 2.17. The van der Waals surface area contributed by atoms with E-state index in [1.165, 1.54) is 22.5 Å². The lowest BCUT2D eigenvalue weighted by Gasteiger charge is -2.26. The standard InChI is InChI=1S/C18H19N3OS/c1-14-20-17(13-23-14)18(22)19-9-4-5-10-21-11-8-15-6-2-3-7-16(15)12-21/h2-3,6-7,13H,8-12H2,1H3,(H,19,22). The predicted molar refractivity (Wildman–Crippen MR) is 92.4 cm³/mol. The highest BCUT2D eigenvalue weighted by Gasteiger charge is 2.14. The highest BCUT2D eigenvalue weighted by atomic mass is 32.1. The SMILES string of the molecule is Cc1nc(C(=O)NCC#CCN2CCc3ccccc3C2)cs1. The van der Waals surface area contributed by atoms with E-state index in [2.05, 4.69) is 51.3 Å². The first-order valence-corrected chi connectivity index (χ1v) is 8.55. The average molecular weight is 325 g/mol. The van der Waals surface area contributed by atoms with Crippen LogP contribution in [-0.2, 0) is 13.0 Å². The Hall–Kier alpha value is -2.16. The largest absolute Gasteiger partial charge is 0.340 e. The Balaban J connectivity index is 1.43. The van der Waals surface area contributed by atoms with E-state index >= 15 is 0 Å². The summed E-state index contributed by atoms with van der Waals surface area (Å²) in [5.41, 5.74) is 3.32. The van der Waals surface area contributed by atoms with Crippen LogP contribution in [0.2, 0.25) is 0 Å². The minimum Gasteiger partial charge on any atom is -0.340 e. The van der Waals surface area contributed by atoms with Crippen LogP contribution in [0, 0.1) is 18.8 Å². The Morgan fingerprint density at radius 3 is 2.96 bits per heavy atom. The number of carbonyl (C=O) groups excluding carboxylic acids is 1. The Bertz CT molecular complexity index is 757. The maximum Gasteiger partial charge on any atom is 0.271 e. The molecule has 23 heavy (non-hydrogen) atoms. The van der Waals surface area contributed by atoms with Crippen molar-refractivity contribution in [2.45, 2.75) is 19.9 Å². The zero-order valence-corrected chi connectivity index (χ0v) is 13.9. The quantitative estimate of drug-likeness (QED) is 0.881. The summed E-state index contributed by atoms with van der Waals surface area (Å²) in [6, 6.07) is 8.57. The van der Waals surface area contributed by atoms with Gasteiger partial charge in [0, 0.05) is 18.5 Å². The van der Waals surface area contributed by atoms with Gasteiger partial charge in [-0.3, -0.25) is 9.69 Å². The van der Waals surface area contributed by atoms with Crippen LogP contribution in [-0.4, -0.2) is 35.4 Å². The second-order valence-electron chi connectivity index (χ2n) is 5.52. The first-order valence-electron chi connectivity index (χ1n) is 7.67. The van der Waals surface area contributed by atoms with E-state index in [4.69, 9.17) is 0 Å². The Labute approximate surface area is 140 Å². The molecule has 1 aliphatic heterocycles. The molecule has 0 bridgehead atoms. The maximum absolute atomic E-state index is 11.8. The fraction of sp³-hybridized carbons (Fsp3) is 0.333. The Morgan fingerprint density at radius 1 is 1.35 bits per heavy atom. The van der Waals surface area contributed by atoms with Crippen LogP contribution in [0.15, 0.2) is 29.6 Å². The minimum atomic E-state index is -0.157. The van der Waals surface area contributed by atoms with Gasteiger partial charge in [0.25, 0.3) is 5.91 Å². The summed E-state index contributed by atoms with van der Waals surface area (Å²) in [5, 5.41) is 5.44. The van der Waals surface area contributed by atoms with Gasteiger partial charge in [-0.1, -0.05) is 36.1 Å². The zero-order chi connectivity index (χ0) is 16.1. The van der Waals surface area contributed by atoms with E-state index in [0.717, 1.165) is 31.1 Å². The Kier molecular flexibility index (Phi) is 5.06. The van der Waals surface area contributed by atoms with Crippen LogP contribution < -0.4 is 5.32 Å². The molecule has 0 fully saturated rings. The van der Waals surface area contributed by atoms with Crippen LogP contribution >= 0.6 is 11.3 Å². The molecular formula is C18H19N3OS. The van der Waals surface area contributed by atoms with Gasteiger partial charge in [-0.15, -0.1) is 11.3 Å². The molecule has 3 rings (SSSR count). The van der Waals surface area contributed by atoms with Crippen LogP contribution in [0.3, 0.4) is 0 Å². The van der Waals surface area contributed by atoms with Gasteiger partial charge in [0.2, 0.25) is 0 Å². The molecule has 1 aliphatic rings. The number of carbonyl (C=O) groups is 1. The first kappa shape index (κ1) is 15.7. The van der Waals surface area contributed by atoms with Crippen molar-refractivity contribution in [3.05, 3.63) is 51.5 Å². The molecule has 2 aromatic rings. The lowest BCUT2D eigenvalue weighted by atomic mass is 10.0. The number of amides is 1. The van der Waals surface area contributed by atoms with Gasteiger partial charge in [-0.25, -0.2) is 4.98 Å². The normalized spacial score (nSPS) is 13.8. The van der Waals surface area contributed by atoms with Gasteiger partial charge >= 0.3 is 0 Å². The van der Waals surface area contributed by atoms with E-state index < -0.39 is 0 Å². The van der Waals surface area contributed by atoms with Crippen LogP contribution in [0.25, 0.3) is 0 Å². The predicted octanol–water partition coefficient (Wildman–Crippen LogP) is 2.24. The molecule has 118 valence electrons. The molecule has 4 nitrogen and oxygen atoms in total. The van der Waals surface area contributed by atoms with E-state index in [9.17, 15) is 4.79 Å². The zero-order valence-electron chi connectivity index (χ0n) is 13.1. The molecule has 0 radical (unpaired) electrons. The fourth-order valence-electron chi connectivity index (χ4n) is 2.60. The summed E-state index contributed by atoms with van der Waals surface area (Å²) in [7, 11) is 0. The maximum atomic E-state index is 11.8. The van der Waals surface area contributed by atoms with Gasteiger partial charge in [0.05, 0.1) is 18.1 Å². The van der Waals surface area contributed by atoms with Gasteiger partial charge in [-0.05, 0) is 24.5 Å². The number of rotatable bonds is 3. The number of hydrogen-bond acceptors (Lipinski definition) is 4. The molecule has 1 N–H and O–H groups in total. The number of thiazole rings is 1. The molecule has 1 aromatic heterocycles. The summed E-state index contributed by atoms with van der Waals surface area (Å²) in [6.45, 7) is 4.98. The third-order valence-electron chi connectivity index (χ3n) is 3.83. The first-order chi connectivity index (χ1) is 11.2. The van der Waals surface area contributed by atoms with Crippen molar-refractivity contribution in [2.75, 3.05) is 19.6 Å². The molecule has 0 saturated heterocycles. The molecule has 1 aromatic carbocycles. The van der Waals surface area contributed by atoms with Crippen molar-refractivity contribution in [3.8, 4) is 11.8 Å². The van der Waals surface area contributed by atoms with E-state index in [1.807, 2.05) is 6.92 Å². The number of hydrogen-bond donors (Lipinski definition) is 1. The van der Waals surface area contributed by atoms with Crippen molar-refractivity contribution in [1.82, 2.24) is 15.2 Å². The molecular weight excluding hydrogens is 306 g/mol. The van der Waals surface area contributed by atoms with Gasteiger partial charge in [-0.2, -0.15) is 0 Å². The van der Waals surface area contributed by atoms with Crippen molar-refractivity contribution < 1.29 is 4.79 Å². The summed E-state index contributed by atoms with van der Waals surface area (Å²) in [6.07, 6.45) is 1.08. The van der Waals surface area contributed by atoms with Gasteiger partial charge < -0.3 is 5.32 Å². The second-order valence-corrected chi connectivity index (χ2v) is 6.58. The minimum absolute atomic E-state index is 0.157. The van der Waals surface area contributed by atoms with Crippen molar-refractivity contribution >= 4 is 17.2 Å². The third kappa shape index (κ3) is 4.19. The summed E-state index contributed by atoms with van der Waals surface area (Å²) >= 11 is 1.48. The summed E-state index contributed by atoms with van der Waals surface area (Å²) in [4.78, 5) is 18.3. The smallest absolute Gasteiger partial charge is 0.271 e. The number of aromatic nitrogens is 1. The molecule has 0 saturated carbocycles. The average Bonchev–Trinajstić information content (AvgIpc) is 3.01. The van der Waals surface area contributed by atoms with Crippen LogP contribution in [0.1, 0.15) is 26.6 Å². The number of fused-ring (bicyclic) bond motifs is 1. The van der Waals surface area contributed by atoms with E-state index in [0.29, 0.717) is 12.2 Å². The lowest BCUT2D eigenvalue weighted by Crippen LogP contribution is -2.31. The third-order valence-corrected chi connectivity index (χ3v) is 4.60. The van der Waals surface area contributed by atoms with E-state index in [-0.39, 0.29) is 5.91 Å². The van der Waals surface area contributed by atoms with Crippen molar-refractivity contribution in [3.63, 3.8) is 0 Å². The molecule has 0 spiro atoms. The van der Waals surface area contributed by atoms with Gasteiger partial charge in [0.1, 0.15) is 5.69 Å². The number of benzene rings is 1. The second kappa shape index (κ2) is 7.40. The molecule has 0 atom stereocenters. The molecule has 0 unspecified atom stereocenters. The molecule has 0 aliphatic carbocycles. The summed E-state index contributed by atoms with van der Waals surface area (Å²) < 4.78 is 0. The fourth-order valence-corrected chi connectivity index (χ4v) is 3.20.